The maximum atomic E-state index is 13.3. The van der Waals surface area contributed by atoms with Crippen LogP contribution in [-0.2, 0) is 11.0 Å². The molecule has 0 aromatic heterocycles. The number of aromatic carboxylic acids is 1. The quantitative estimate of drug-likeness (QED) is 0.214. The van der Waals surface area contributed by atoms with Crippen molar-refractivity contribution in [3.8, 4) is 5.75 Å². The minimum absolute atomic E-state index is 0.0859. The van der Waals surface area contributed by atoms with Gasteiger partial charge in [0.15, 0.2) is 0 Å². The molecule has 37 heavy (non-hydrogen) atoms. The molecule has 186 valence electrons. The minimum Gasteiger partial charge on any atom is -0.478 e. The van der Waals surface area contributed by atoms with Gasteiger partial charge in [0.05, 0.1) is 11.1 Å². The van der Waals surface area contributed by atoms with E-state index >= 15 is 0 Å². The van der Waals surface area contributed by atoms with Gasteiger partial charge in [0.25, 0.3) is 6.47 Å². The highest BCUT2D eigenvalue weighted by Gasteiger charge is 2.30. The summed E-state index contributed by atoms with van der Waals surface area (Å²) < 4.78 is 44.8. The molecular formula is C30H21F3O4. The molecule has 0 saturated heterocycles. The van der Waals surface area contributed by atoms with Crippen LogP contribution in [0.2, 0.25) is 0 Å². The molecule has 0 heterocycles. The Bertz CT molecular complexity index is 1430. The van der Waals surface area contributed by atoms with Crippen LogP contribution in [-0.4, -0.2) is 17.5 Å². The second kappa shape index (κ2) is 10.5. The highest BCUT2D eigenvalue weighted by Crippen LogP contribution is 2.39. The van der Waals surface area contributed by atoms with Crippen molar-refractivity contribution in [3.05, 3.63) is 136 Å². The molecule has 0 fully saturated rings. The lowest BCUT2D eigenvalue weighted by molar-refractivity contribution is -0.137. The zero-order chi connectivity index (χ0) is 26.6. The number of alkyl halides is 3. The summed E-state index contributed by atoms with van der Waals surface area (Å²) in [5, 5.41) is 9.34. The molecule has 0 aliphatic carbocycles. The molecule has 1 N–H and O–H groups in total. The first-order valence-electron chi connectivity index (χ1n) is 11.2. The average molecular weight is 502 g/mol. The molecule has 4 rings (SSSR count). The van der Waals surface area contributed by atoms with Crippen LogP contribution in [0.25, 0.3) is 11.1 Å². The average Bonchev–Trinajstić information content (AvgIpc) is 2.88. The molecule has 0 saturated carbocycles. The van der Waals surface area contributed by atoms with Gasteiger partial charge in [0, 0.05) is 0 Å². The summed E-state index contributed by atoms with van der Waals surface area (Å²) in [5.74, 6) is -0.750. The van der Waals surface area contributed by atoms with Gasteiger partial charge in [0.1, 0.15) is 5.75 Å². The van der Waals surface area contributed by atoms with E-state index in [1.165, 1.54) is 24.3 Å². The zero-order valence-electron chi connectivity index (χ0n) is 19.6. The van der Waals surface area contributed by atoms with E-state index in [1.54, 1.807) is 36.4 Å². The molecule has 0 radical (unpaired) electrons. The molecule has 7 heteroatoms. The van der Waals surface area contributed by atoms with E-state index in [-0.39, 0.29) is 5.56 Å². The monoisotopic (exact) mass is 502 g/mol. The third-order valence-electron chi connectivity index (χ3n) is 5.84. The Hall–Kier alpha value is -4.65. The van der Waals surface area contributed by atoms with Crippen LogP contribution in [0.5, 0.6) is 5.75 Å². The van der Waals surface area contributed by atoms with Gasteiger partial charge in [-0.05, 0) is 76.7 Å². The first-order valence-corrected chi connectivity index (χ1v) is 11.2. The first kappa shape index (κ1) is 25.4. The standard InChI is InChI=1S/C30H21F3O4/c1-19-2-4-20(5-3-19)27(23-12-16-26(17-13-23)37-18-34)28(21-6-8-24(9-7-21)29(35)36)22-10-14-25(15-11-22)30(31,32)33/h2-18H,1H3,(H,35,36)/b28-27-. The largest absolute Gasteiger partial charge is 0.478 e. The number of carboxylic acid groups (broad SMARTS) is 1. The smallest absolute Gasteiger partial charge is 0.416 e. The minimum atomic E-state index is -4.49. The molecule has 0 bridgehead atoms. The molecule has 0 amide bonds. The van der Waals surface area contributed by atoms with Gasteiger partial charge in [0.2, 0.25) is 0 Å². The first-order chi connectivity index (χ1) is 17.7. The van der Waals surface area contributed by atoms with Crippen molar-refractivity contribution in [2.45, 2.75) is 13.1 Å². The number of aryl methyl sites for hydroxylation is 1. The highest BCUT2D eigenvalue weighted by atomic mass is 19.4. The lowest BCUT2D eigenvalue weighted by Gasteiger charge is -2.19. The van der Waals surface area contributed by atoms with Crippen LogP contribution in [0.15, 0.2) is 97.1 Å². The Morgan fingerprint density at radius 3 is 1.46 bits per heavy atom. The summed E-state index contributed by atoms with van der Waals surface area (Å²) >= 11 is 0. The van der Waals surface area contributed by atoms with Crippen LogP contribution in [0.1, 0.15) is 43.7 Å². The van der Waals surface area contributed by atoms with Gasteiger partial charge in [-0.1, -0.05) is 66.2 Å². The van der Waals surface area contributed by atoms with Gasteiger partial charge in [-0.3, -0.25) is 4.79 Å². The third-order valence-corrected chi connectivity index (χ3v) is 5.84. The lowest BCUT2D eigenvalue weighted by Crippen LogP contribution is -2.05. The molecule has 4 aromatic rings. The summed E-state index contributed by atoms with van der Waals surface area (Å²) in [6, 6.07) is 25.5. The van der Waals surface area contributed by atoms with Crippen molar-refractivity contribution in [2.24, 2.45) is 0 Å². The predicted octanol–water partition coefficient (Wildman–Crippen LogP) is 7.25. The molecular weight excluding hydrogens is 481 g/mol. The number of carbonyl (C=O) groups is 2. The van der Waals surface area contributed by atoms with E-state index in [2.05, 4.69) is 0 Å². The number of benzene rings is 4. The van der Waals surface area contributed by atoms with E-state index in [0.717, 1.165) is 28.8 Å². The molecule has 0 unspecified atom stereocenters. The summed E-state index contributed by atoms with van der Waals surface area (Å²) in [5.41, 5.74) is 4.31. The normalized spacial score (nSPS) is 12.0. The fraction of sp³-hybridized carbons (Fsp3) is 0.0667. The van der Waals surface area contributed by atoms with Crippen molar-refractivity contribution < 1.29 is 32.6 Å². The topological polar surface area (TPSA) is 63.6 Å². The predicted molar refractivity (Wildman–Crippen MR) is 134 cm³/mol. The Morgan fingerprint density at radius 1 is 0.676 bits per heavy atom. The zero-order valence-corrected chi connectivity index (χ0v) is 19.6. The summed E-state index contributed by atoms with van der Waals surface area (Å²) in [4.78, 5) is 22.2. The summed E-state index contributed by atoms with van der Waals surface area (Å²) in [7, 11) is 0. The second-order valence-corrected chi connectivity index (χ2v) is 8.31. The van der Waals surface area contributed by atoms with Crippen LogP contribution in [0, 0.1) is 6.92 Å². The number of carbonyl (C=O) groups excluding carboxylic acids is 1. The van der Waals surface area contributed by atoms with Crippen LogP contribution in [0.3, 0.4) is 0 Å². The van der Waals surface area contributed by atoms with Crippen molar-refractivity contribution >= 4 is 23.6 Å². The number of hydrogen-bond donors (Lipinski definition) is 1. The number of ether oxygens (including phenoxy) is 1. The van der Waals surface area contributed by atoms with Gasteiger partial charge in [-0.25, -0.2) is 4.79 Å². The molecule has 0 spiro atoms. The van der Waals surface area contributed by atoms with Crippen molar-refractivity contribution in [2.75, 3.05) is 0 Å². The fourth-order valence-electron chi connectivity index (χ4n) is 3.99. The van der Waals surface area contributed by atoms with Crippen molar-refractivity contribution in [1.82, 2.24) is 0 Å². The van der Waals surface area contributed by atoms with E-state index in [4.69, 9.17) is 4.74 Å². The Morgan fingerprint density at radius 2 is 1.05 bits per heavy atom. The summed E-state index contributed by atoms with van der Waals surface area (Å²) in [6.07, 6.45) is -4.49. The second-order valence-electron chi connectivity index (χ2n) is 8.31. The number of rotatable bonds is 7. The fourth-order valence-corrected chi connectivity index (χ4v) is 3.99. The number of carboxylic acids is 1. The van der Waals surface area contributed by atoms with E-state index in [0.29, 0.717) is 34.5 Å². The van der Waals surface area contributed by atoms with Crippen molar-refractivity contribution in [3.63, 3.8) is 0 Å². The lowest BCUT2D eigenvalue weighted by atomic mass is 9.85. The van der Waals surface area contributed by atoms with E-state index in [1.807, 2.05) is 31.2 Å². The molecule has 4 nitrogen and oxygen atoms in total. The van der Waals surface area contributed by atoms with Crippen LogP contribution >= 0.6 is 0 Å². The number of hydrogen-bond acceptors (Lipinski definition) is 3. The SMILES string of the molecule is Cc1ccc(/C(=C(\c2ccc(C(=O)O)cc2)c2ccc(C(F)(F)F)cc2)c2ccc(OC=O)cc2)cc1. The Labute approximate surface area is 211 Å². The number of halogens is 3. The highest BCUT2D eigenvalue weighted by molar-refractivity contribution is 6.05. The van der Waals surface area contributed by atoms with Gasteiger partial charge >= 0.3 is 12.1 Å². The summed E-state index contributed by atoms with van der Waals surface area (Å²) in [6.45, 7) is 2.27. The van der Waals surface area contributed by atoms with Gasteiger partial charge in [-0.15, -0.1) is 0 Å². The maximum Gasteiger partial charge on any atom is 0.416 e. The Kier molecular flexibility index (Phi) is 7.25. The third kappa shape index (κ3) is 5.78. The molecule has 4 aromatic carbocycles. The maximum absolute atomic E-state index is 13.3. The van der Waals surface area contributed by atoms with Crippen molar-refractivity contribution in [1.29, 1.82) is 0 Å². The molecule has 0 atom stereocenters. The Balaban J connectivity index is 2.03. The van der Waals surface area contributed by atoms with Crippen LogP contribution in [0.4, 0.5) is 13.2 Å². The van der Waals surface area contributed by atoms with Gasteiger partial charge in [-0.2, -0.15) is 13.2 Å². The van der Waals surface area contributed by atoms with E-state index in [9.17, 15) is 27.9 Å². The molecule has 0 aliphatic heterocycles. The van der Waals surface area contributed by atoms with Crippen LogP contribution < -0.4 is 4.74 Å². The van der Waals surface area contributed by atoms with Gasteiger partial charge < -0.3 is 9.84 Å². The molecule has 0 aliphatic rings. The van der Waals surface area contributed by atoms with E-state index < -0.39 is 17.7 Å².